The number of carboxylic acids is 1. The van der Waals surface area contributed by atoms with Gasteiger partial charge >= 0.3 is 12.1 Å². The first-order valence-corrected chi connectivity index (χ1v) is 11.1. The summed E-state index contributed by atoms with van der Waals surface area (Å²) in [6.45, 7) is 0.530. The summed E-state index contributed by atoms with van der Waals surface area (Å²) in [7, 11) is 1.57. The van der Waals surface area contributed by atoms with Crippen molar-refractivity contribution in [3.05, 3.63) is 71.4 Å². The van der Waals surface area contributed by atoms with Crippen LogP contribution in [0.25, 0.3) is 11.1 Å². The quantitative estimate of drug-likeness (QED) is 0.603. The minimum Gasteiger partial charge on any atom is -0.480 e. The predicted molar refractivity (Wildman–Crippen MR) is 124 cm³/mol. The number of hydrogen-bond donors (Lipinski definition) is 2. The van der Waals surface area contributed by atoms with Gasteiger partial charge < -0.3 is 14.7 Å². The van der Waals surface area contributed by atoms with E-state index in [1.54, 1.807) is 7.05 Å². The summed E-state index contributed by atoms with van der Waals surface area (Å²) in [6, 6.07) is 16.7. The molecule has 1 aliphatic heterocycles. The Hall–Kier alpha value is -4.14. The van der Waals surface area contributed by atoms with Crippen molar-refractivity contribution >= 4 is 23.8 Å². The third-order valence-corrected chi connectivity index (χ3v) is 6.47. The Kier molecular flexibility index (Phi) is 5.53. The number of aromatic nitrogens is 2. The zero-order valence-corrected chi connectivity index (χ0v) is 18.6. The Balaban J connectivity index is 1.26. The smallest absolute Gasteiger partial charge is 0.412 e. The van der Waals surface area contributed by atoms with E-state index in [0.29, 0.717) is 19.4 Å². The van der Waals surface area contributed by atoms with Crippen LogP contribution in [-0.2, 0) is 16.6 Å². The third-order valence-electron chi connectivity index (χ3n) is 6.47. The normalized spacial score (nSPS) is 16.7. The summed E-state index contributed by atoms with van der Waals surface area (Å²) in [4.78, 5) is 38.2. The van der Waals surface area contributed by atoms with Crippen LogP contribution >= 0.6 is 0 Å². The van der Waals surface area contributed by atoms with Crippen LogP contribution in [0.3, 0.4) is 0 Å². The largest absolute Gasteiger partial charge is 0.480 e. The van der Waals surface area contributed by atoms with Crippen LogP contribution in [0.4, 0.5) is 10.6 Å². The summed E-state index contributed by atoms with van der Waals surface area (Å²) >= 11 is 0. The monoisotopic (exact) mass is 460 g/mol. The van der Waals surface area contributed by atoms with Crippen LogP contribution in [0, 0.1) is 0 Å². The lowest BCUT2D eigenvalue weighted by Gasteiger charge is -2.21. The van der Waals surface area contributed by atoms with Crippen molar-refractivity contribution in [2.45, 2.75) is 24.8 Å². The first-order valence-electron chi connectivity index (χ1n) is 11.1. The van der Waals surface area contributed by atoms with Crippen molar-refractivity contribution in [1.29, 1.82) is 0 Å². The predicted octanol–water partition coefficient (Wildman–Crippen LogP) is 3.47. The first kappa shape index (κ1) is 21.7. The van der Waals surface area contributed by atoms with Crippen LogP contribution in [0.15, 0.2) is 54.6 Å². The summed E-state index contributed by atoms with van der Waals surface area (Å²) in [5, 5.41) is 16.1. The van der Waals surface area contributed by atoms with Gasteiger partial charge in [-0.15, -0.1) is 0 Å². The van der Waals surface area contributed by atoms with E-state index in [4.69, 9.17) is 4.74 Å². The van der Waals surface area contributed by atoms with Crippen LogP contribution in [0.1, 0.15) is 40.4 Å². The number of rotatable bonds is 5. The SMILES string of the molecule is Cn1nc(NC(=O)OCC2c3ccccc3-c3ccccc32)cc1C(=O)N1CCC[C@H]1C(=O)O. The molecule has 0 spiro atoms. The number of hydrogen-bond acceptors (Lipinski definition) is 5. The Morgan fingerprint density at radius 2 is 1.74 bits per heavy atom. The van der Waals surface area contributed by atoms with Gasteiger partial charge in [0.1, 0.15) is 18.3 Å². The summed E-state index contributed by atoms with van der Waals surface area (Å²) < 4.78 is 6.86. The maximum absolute atomic E-state index is 12.9. The van der Waals surface area contributed by atoms with Gasteiger partial charge in [-0.2, -0.15) is 5.10 Å². The van der Waals surface area contributed by atoms with Gasteiger partial charge in [-0.1, -0.05) is 48.5 Å². The Labute approximate surface area is 195 Å². The highest BCUT2D eigenvalue weighted by molar-refractivity contribution is 5.97. The lowest BCUT2D eigenvalue weighted by molar-refractivity contribution is -0.141. The van der Waals surface area contributed by atoms with Crippen LogP contribution in [0.2, 0.25) is 0 Å². The van der Waals surface area contributed by atoms with Gasteiger partial charge in [0.2, 0.25) is 0 Å². The molecular weight excluding hydrogens is 436 g/mol. The lowest BCUT2D eigenvalue weighted by atomic mass is 9.98. The number of nitrogens with zero attached hydrogens (tertiary/aromatic N) is 3. The van der Waals surface area contributed by atoms with Gasteiger partial charge in [-0.3, -0.25) is 14.8 Å². The fourth-order valence-corrected chi connectivity index (χ4v) is 4.88. The highest BCUT2D eigenvalue weighted by atomic mass is 16.5. The fraction of sp³-hybridized carbons (Fsp3) is 0.280. The maximum Gasteiger partial charge on any atom is 0.412 e. The molecule has 5 rings (SSSR count). The minimum atomic E-state index is -1.02. The average Bonchev–Trinajstić information content (AvgIpc) is 3.53. The van der Waals surface area contributed by atoms with Crippen molar-refractivity contribution in [3.63, 3.8) is 0 Å². The molecule has 34 heavy (non-hydrogen) atoms. The van der Waals surface area contributed by atoms with Crippen molar-refractivity contribution < 1.29 is 24.2 Å². The number of carbonyl (C=O) groups is 3. The molecule has 9 nitrogen and oxygen atoms in total. The molecule has 0 bridgehead atoms. The molecule has 1 aliphatic carbocycles. The molecule has 174 valence electrons. The summed E-state index contributed by atoms with van der Waals surface area (Å²) in [6.07, 6.45) is 0.374. The van der Waals surface area contributed by atoms with Crippen molar-refractivity contribution in [3.8, 4) is 11.1 Å². The van der Waals surface area contributed by atoms with Gasteiger partial charge in [0.05, 0.1) is 0 Å². The summed E-state index contributed by atoms with van der Waals surface area (Å²) in [5.41, 5.74) is 4.70. The number of nitrogens with one attached hydrogen (secondary N) is 1. The molecule has 3 aromatic rings. The molecule has 2 N–H and O–H groups in total. The number of likely N-dealkylation sites (tertiary alicyclic amines) is 1. The fourth-order valence-electron chi connectivity index (χ4n) is 4.88. The number of aliphatic carboxylic acids is 1. The molecule has 2 amide bonds. The second kappa shape index (κ2) is 8.66. The van der Waals surface area contributed by atoms with Crippen molar-refractivity contribution in [2.75, 3.05) is 18.5 Å². The number of benzene rings is 2. The third kappa shape index (κ3) is 3.79. The minimum absolute atomic E-state index is 0.0675. The van der Waals surface area contributed by atoms with E-state index in [0.717, 1.165) is 22.3 Å². The molecule has 0 unspecified atom stereocenters. The first-order chi connectivity index (χ1) is 16.4. The number of anilines is 1. The zero-order valence-electron chi connectivity index (χ0n) is 18.6. The highest BCUT2D eigenvalue weighted by Gasteiger charge is 2.36. The number of aryl methyl sites for hydroxylation is 1. The molecule has 2 heterocycles. The van der Waals surface area contributed by atoms with Crippen molar-refractivity contribution in [2.24, 2.45) is 7.05 Å². The standard InChI is InChI=1S/C25H24N4O5/c1-28-21(23(30)29-12-6-11-20(29)24(31)32)13-22(27-28)26-25(33)34-14-19-17-9-4-2-7-15(17)16-8-3-5-10-18(16)19/h2-5,7-10,13,19-20H,6,11-12,14H2,1H3,(H,31,32)(H,26,27,33)/t20-/m0/s1. The van der Waals surface area contributed by atoms with E-state index < -0.39 is 24.0 Å². The molecule has 0 saturated carbocycles. The number of carboxylic acid groups (broad SMARTS) is 1. The molecule has 1 aromatic heterocycles. The van der Waals surface area contributed by atoms with Gasteiger partial charge in [0.25, 0.3) is 5.91 Å². The van der Waals surface area contributed by atoms with Crippen LogP contribution in [0.5, 0.6) is 0 Å². The van der Waals surface area contributed by atoms with Gasteiger partial charge in [-0.25, -0.2) is 9.59 Å². The zero-order chi connectivity index (χ0) is 23.8. The molecular formula is C25H24N4O5. The van der Waals surface area contributed by atoms with Gasteiger partial charge in [0.15, 0.2) is 5.82 Å². The summed E-state index contributed by atoms with van der Waals surface area (Å²) in [5.74, 6) is -1.36. The maximum atomic E-state index is 12.9. The van der Waals surface area contributed by atoms with E-state index >= 15 is 0 Å². The number of amides is 2. The molecule has 1 saturated heterocycles. The second-order valence-electron chi connectivity index (χ2n) is 8.48. The second-order valence-corrected chi connectivity index (χ2v) is 8.48. The van der Waals surface area contributed by atoms with E-state index in [1.807, 2.05) is 36.4 Å². The molecule has 1 fully saturated rings. The average molecular weight is 460 g/mol. The van der Waals surface area contributed by atoms with Crippen LogP contribution < -0.4 is 5.32 Å². The lowest BCUT2D eigenvalue weighted by Crippen LogP contribution is -2.41. The molecule has 9 heteroatoms. The Morgan fingerprint density at radius 1 is 1.09 bits per heavy atom. The molecule has 1 atom stereocenters. The topological polar surface area (TPSA) is 114 Å². The van der Waals surface area contributed by atoms with E-state index in [-0.39, 0.29) is 24.0 Å². The molecule has 2 aliphatic rings. The molecule has 0 radical (unpaired) electrons. The number of ether oxygens (including phenoxy) is 1. The van der Waals surface area contributed by atoms with E-state index in [2.05, 4.69) is 22.5 Å². The number of fused-ring (bicyclic) bond motifs is 3. The van der Waals surface area contributed by atoms with E-state index in [1.165, 1.54) is 15.6 Å². The van der Waals surface area contributed by atoms with Crippen molar-refractivity contribution in [1.82, 2.24) is 14.7 Å². The van der Waals surface area contributed by atoms with Gasteiger partial charge in [-0.05, 0) is 35.1 Å². The van der Waals surface area contributed by atoms with E-state index in [9.17, 15) is 19.5 Å². The Morgan fingerprint density at radius 3 is 2.38 bits per heavy atom. The highest BCUT2D eigenvalue weighted by Crippen LogP contribution is 2.44. The van der Waals surface area contributed by atoms with Gasteiger partial charge in [0, 0.05) is 25.6 Å². The van der Waals surface area contributed by atoms with Crippen LogP contribution in [-0.4, -0.2) is 57.0 Å². The molecule has 2 aromatic carbocycles. The number of carbonyl (C=O) groups excluding carboxylic acids is 2. The Bertz CT molecular complexity index is 1240.